The van der Waals surface area contributed by atoms with Crippen molar-refractivity contribution in [2.45, 2.75) is 0 Å². The molecule has 0 saturated heterocycles. The smallest absolute Gasteiger partial charge is 0.292 e. The highest BCUT2D eigenvalue weighted by Crippen LogP contribution is 2.29. The van der Waals surface area contributed by atoms with Crippen LogP contribution in [-0.4, -0.2) is 19.2 Å². The van der Waals surface area contributed by atoms with Gasteiger partial charge in [-0.25, -0.2) is 0 Å². The van der Waals surface area contributed by atoms with Gasteiger partial charge in [-0.2, -0.15) is 4.98 Å². The van der Waals surface area contributed by atoms with E-state index >= 15 is 0 Å². The molecule has 0 aliphatic rings. The quantitative estimate of drug-likeness (QED) is 0.855. The number of ether oxygens (including phenoxy) is 2. The molecule has 0 atom stereocenters. The summed E-state index contributed by atoms with van der Waals surface area (Å²) >= 11 is 0. The van der Waals surface area contributed by atoms with Gasteiger partial charge >= 0.3 is 0 Å². The van der Waals surface area contributed by atoms with Gasteiger partial charge in [-0.15, -0.1) is 0 Å². The Morgan fingerprint density at radius 2 is 1.75 bits per heavy atom. The first kappa shape index (κ1) is 10.4. The average molecular weight is 220 g/mol. The summed E-state index contributed by atoms with van der Waals surface area (Å²) in [6.07, 6.45) is 1.49. The third-order valence-electron chi connectivity index (χ3n) is 2.17. The zero-order valence-corrected chi connectivity index (χ0v) is 9.06. The number of benzene rings is 1. The van der Waals surface area contributed by atoms with E-state index in [4.69, 9.17) is 19.6 Å². The van der Waals surface area contributed by atoms with E-state index in [1.807, 2.05) is 12.1 Å². The third-order valence-corrected chi connectivity index (χ3v) is 2.17. The van der Waals surface area contributed by atoms with Gasteiger partial charge in [-0.05, 0) is 12.1 Å². The van der Waals surface area contributed by atoms with Crippen molar-refractivity contribution in [3.63, 3.8) is 0 Å². The summed E-state index contributed by atoms with van der Waals surface area (Å²) in [4.78, 5) is 4.03. The van der Waals surface area contributed by atoms with E-state index < -0.39 is 0 Å². The number of hydrogen-bond donors (Lipinski definition) is 1. The number of rotatable bonds is 3. The number of oxazole rings is 1. The number of aromatic nitrogens is 1. The molecule has 0 aliphatic heterocycles. The Hall–Kier alpha value is -2.17. The minimum atomic E-state index is 0.136. The highest BCUT2D eigenvalue weighted by Gasteiger charge is 2.07. The SMILES string of the molecule is COc1cc(OC)cc(-c2coc(N)n2)c1. The molecule has 0 saturated carbocycles. The molecule has 5 nitrogen and oxygen atoms in total. The van der Waals surface area contributed by atoms with E-state index in [1.54, 1.807) is 20.3 Å². The molecule has 0 amide bonds. The van der Waals surface area contributed by atoms with Crippen molar-refractivity contribution in [3.8, 4) is 22.8 Å². The van der Waals surface area contributed by atoms with E-state index in [0.717, 1.165) is 5.56 Å². The molecule has 0 fully saturated rings. The lowest BCUT2D eigenvalue weighted by Gasteiger charge is -2.06. The van der Waals surface area contributed by atoms with Crippen molar-refractivity contribution in [1.82, 2.24) is 4.98 Å². The average Bonchev–Trinajstić information content (AvgIpc) is 2.75. The maximum absolute atomic E-state index is 5.42. The van der Waals surface area contributed by atoms with Crippen LogP contribution in [0.15, 0.2) is 28.9 Å². The van der Waals surface area contributed by atoms with Crippen LogP contribution in [0, 0.1) is 0 Å². The van der Waals surface area contributed by atoms with Crippen LogP contribution in [0.3, 0.4) is 0 Å². The van der Waals surface area contributed by atoms with Gasteiger partial charge < -0.3 is 19.6 Å². The fraction of sp³-hybridized carbons (Fsp3) is 0.182. The second-order valence-electron chi connectivity index (χ2n) is 3.17. The van der Waals surface area contributed by atoms with Crippen LogP contribution in [0.4, 0.5) is 6.01 Å². The van der Waals surface area contributed by atoms with Gasteiger partial charge in [0.25, 0.3) is 6.01 Å². The number of anilines is 1. The number of methoxy groups -OCH3 is 2. The number of nitrogen functional groups attached to an aromatic ring is 1. The minimum Gasteiger partial charge on any atom is -0.497 e. The largest absolute Gasteiger partial charge is 0.497 e. The Kier molecular flexibility index (Phi) is 2.68. The topological polar surface area (TPSA) is 70.5 Å². The van der Waals surface area contributed by atoms with Gasteiger partial charge in [0.1, 0.15) is 23.5 Å². The fourth-order valence-electron chi connectivity index (χ4n) is 1.38. The van der Waals surface area contributed by atoms with Gasteiger partial charge in [0.05, 0.1) is 14.2 Å². The summed E-state index contributed by atoms with van der Waals surface area (Å²) < 4.78 is 15.3. The van der Waals surface area contributed by atoms with Crippen molar-refractivity contribution in [2.24, 2.45) is 0 Å². The first-order chi connectivity index (χ1) is 7.72. The number of hydrogen-bond acceptors (Lipinski definition) is 5. The summed E-state index contributed by atoms with van der Waals surface area (Å²) in [6.45, 7) is 0. The molecule has 84 valence electrons. The Bertz CT molecular complexity index is 471. The van der Waals surface area contributed by atoms with E-state index in [2.05, 4.69) is 4.98 Å². The standard InChI is InChI=1S/C11H12N2O3/c1-14-8-3-7(4-9(5-8)15-2)10-6-16-11(12)13-10/h3-6H,1-2H3,(H2,12,13). The molecule has 16 heavy (non-hydrogen) atoms. The van der Waals surface area contributed by atoms with E-state index in [-0.39, 0.29) is 6.01 Å². The van der Waals surface area contributed by atoms with Gasteiger partial charge in [0.15, 0.2) is 0 Å². The van der Waals surface area contributed by atoms with Crippen LogP contribution in [0.1, 0.15) is 0 Å². The highest BCUT2D eigenvalue weighted by molar-refractivity contribution is 5.63. The summed E-state index contributed by atoms with van der Waals surface area (Å²) in [6, 6.07) is 5.59. The summed E-state index contributed by atoms with van der Waals surface area (Å²) in [7, 11) is 3.19. The lowest BCUT2D eigenvalue weighted by atomic mass is 10.1. The van der Waals surface area contributed by atoms with Crippen molar-refractivity contribution in [1.29, 1.82) is 0 Å². The van der Waals surface area contributed by atoms with Crippen LogP contribution in [0.2, 0.25) is 0 Å². The van der Waals surface area contributed by atoms with E-state index in [9.17, 15) is 0 Å². The molecule has 0 radical (unpaired) electrons. The molecule has 0 unspecified atom stereocenters. The van der Waals surface area contributed by atoms with Crippen LogP contribution in [0.25, 0.3) is 11.3 Å². The van der Waals surface area contributed by atoms with Gasteiger partial charge in [0.2, 0.25) is 0 Å². The third kappa shape index (κ3) is 1.93. The monoisotopic (exact) mass is 220 g/mol. The van der Waals surface area contributed by atoms with E-state index in [0.29, 0.717) is 17.2 Å². The second kappa shape index (κ2) is 4.14. The lowest BCUT2D eigenvalue weighted by Crippen LogP contribution is -1.89. The predicted octanol–water partition coefficient (Wildman–Crippen LogP) is 1.94. The van der Waals surface area contributed by atoms with Crippen LogP contribution >= 0.6 is 0 Å². The Labute approximate surface area is 92.8 Å². The van der Waals surface area contributed by atoms with Gasteiger partial charge in [0, 0.05) is 11.6 Å². The maximum atomic E-state index is 5.42. The lowest BCUT2D eigenvalue weighted by molar-refractivity contribution is 0.394. The maximum Gasteiger partial charge on any atom is 0.292 e. The Morgan fingerprint density at radius 3 is 2.19 bits per heavy atom. The number of nitrogens with two attached hydrogens (primary N) is 1. The van der Waals surface area contributed by atoms with Crippen molar-refractivity contribution in [3.05, 3.63) is 24.5 Å². The molecule has 0 bridgehead atoms. The van der Waals surface area contributed by atoms with Crippen LogP contribution in [-0.2, 0) is 0 Å². The summed E-state index contributed by atoms with van der Waals surface area (Å²) in [5.74, 6) is 1.38. The molecule has 1 heterocycles. The van der Waals surface area contributed by atoms with Crippen molar-refractivity contribution >= 4 is 6.01 Å². The Balaban J connectivity index is 2.47. The van der Waals surface area contributed by atoms with Gasteiger partial charge in [-0.1, -0.05) is 0 Å². The van der Waals surface area contributed by atoms with Crippen LogP contribution < -0.4 is 15.2 Å². The molecular formula is C11H12N2O3. The molecule has 0 aliphatic carbocycles. The highest BCUT2D eigenvalue weighted by atomic mass is 16.5. The van der Waals surface area contributed by atoms with Crippen LogP contribution in [0.5, 0.6) is 11.5 Å². The molecular weight excluding hydrogens is 208 g/mol. The second-order valence-corrected chi connectivity index (χ2v) is 3.17. The van der Waals surface area contributed by atoms with Crippen molar-refractivity contribution in [2.75, 3.05) is 20.0 Å². The normalized spacial score (nSPS) is 10.1. The van der Waals surface area contributed by atoms with E-state index in [1.165, 1.54) is 6.26 Å². The molecule has 1 aromatic heterocycles. The molecule has 2 rings (SSSR count). The zero-order valence-electron chi connectivity index (χ0n) is 9.06. The first-order valence-corrected chi connectivity index (χ1v) is 4.67. The molecule has 5 heteroatoms. The molecule has 1 aromatic carbocycles. The first-order valence-electron chi connectivity index (χ1n) is 4.67. The Morgan fingerprint density at radius 1 is 1.12 bits per heavy atom. The zero-order chi connectivity index (χ0) is 11.5. The molecule has 2 N–H and O–H groups in total. The summed E-state index contributed by atoms with van der Waals surface area (Å²) in [5.41, 5.74) is 6.89. The fourth-order valence-corrected chi connectivity index (χ4v) is 1.38. The number of nitrogens with zero attached hydrogens (tertiary/aromatic N) is 1. The molecule has 2 aromatic rings. The predicted molar refractivity (Wildman–Crippen MR) is 59.5 cm³/mol. The molecule has 0 spiro atoms. The van der Waals surface area contributed by atoms with Crippen molar-refractivity contribution < 1.29 is 13.9 Å². The minimum absolute atomic E-state index is 0.136. The summed E-state index contributed by atoms with van der Waals surface area (Å²) in [5, 5.41) is 0. The van der Waals surface area contributed by atoms with Gasteiger partial charge in [-0.3, -0.25) is 0 Å².